The van der Waals surface area contributed by atoms with Gasteiger partial charge in [-0.25, -0.2) is 0 Å². The molecule has 1 unspecified atom stereocenters. The van der Waals surface area contributed by atoms with Crippen LogP contribution < -0.4 is 0 Å². The first-order valence-corrected chi connectivity index (χ1v) is 6.68. The van der Waals surface area contributed by atoms with E-state index in [0.29, 0.717) is 17.3 Å². The number of unbranched alkanes of at least 4 members (excludes halogenated alkanes) is 1. The summed E-state index contributed by atoms with van der Waals surface area (Å²) < 4.78 is 1.57. The predicted molar refractivity (Wildman–Crippen MR) is 71.7 cm³/mol. The van der Waals surface area contributed by atoms with Crippen molar-refractivity contribution >= 4 is 17.5 Å². The number of hydrogen-bond acceptors (Lipinski definition) is 2. The van der Waals surface area contributed by atoms with E-state index in [1.54, 1.807) is 17.9 Å². The van der Waals surface area contributed by atoms with Crippen molar-refractivity contribution in [3.8, 4) is 0 Å². The highest BCUT2D eigenvalue weighted by Gasteiger charge is 2.28. The van der Waals surface area contributed by atoms with Gasteiger partial charge in [0, 0.05) is 19.8 Å². The van der Waals surface area contributed by atoms with Crippen molar-refractivity contribution < 1.29 is 4.79 Å². The Labute approximate surface area is 112 Å². The molecule has 1 aromatic heterocycles. The summed E-state index contributed by atoms with van der Waals surface area (Å²) in [6.45, 7) is 2.81. The molecule has 0 N–H and O–H groups in total. The van der Waals surface area contributed by atoms with E-state index in [2.05, 4.69) is 18.1 Å². The van der Waals surface area contributed by atoms with Gasteiger partial charge in [-0.1, -0.05) is 43.5 Å². The topological polar surface area (TPSA) is 38.1 Å². The summed E-state index contributed by atoms with van der Waals surface area (Å²) in [5.41, 5.74) is 0.351. The van der Waals surface area contributed by atoms with Crippen LogP contribution in [0, 0.1) is 0 Å². The van der Waals surface area contributed by atoms with Gasteiger partial charge in [0.25, 0.3) is 5.91 Å². The summed E-state index contributed by atoms with van der Waals surface area (Å²) in [5, 5.41) is 4.56. The number of aromatic nitrogens is 2. The van der Waals surface area contributed by atoms with Crippen LogP contribution in [0.25, 0.3) is 0 Å². The van der Waals surface area contributed by atoms with Crippen molar-refractivity contribution in [2.75, 3.05) is 6.54 Å². The molecule has 0 saturated heterocycles. The molecule has 0 radical (unpaired) electrons. The van der Waals surface area contributed by atoms with E-state index in [-0.39, 0.29) is 11.9 Å². The molecule has 0 saturated carbocycles. The molecule has 1 aliphatic heterocycles. The van der Waals surface area contributed by atoms with Gasteiger partial charge in [0.1, 0.15) is 0 Å². The highest BCUT2D eigenvalue weighted by Crippen LogP contribution is 2.21. The molecule has 0 aliphatic carbocycles. The van der Waals surface area contributed by atoms with Gasteiger partial charge in [-0.15, -0.1) is 0 Å². The summed E-state index contributed by atoms with van der Waals surface area (Å²) >= 11 is 6.02. The smallest absolute Gasteiger partial charge is 0.276 e. The first kappa shape index (κ1) is 13.1. The fourth-order valence-corrected chi connectivity index (χ4v) is 2.47. The molecule has 2 heterocycles. The average molecular weight is 268 g/mol. The first-order chi connectivity index (χ1) is 8.63. The Bertz CT molecular complexity index is 467. The van der Waals surface area contributed by atoms with Gasteiger partial charge in [-0.05, 0) is 6.42 Å². The maximum Gasteiger partial charge on any atom is 0.276 e. The van der Waals surface area contributed by atoms with Crippen LogP contribution in [0.4, 0.5) is 0 Å². The second kappa shape index (κ2) is 5.57. The minimum absolute atomic E-state index is 0.0771. The van der Waals surface area contributed by atoms with Crippen molar-refractivity contribution in [2.45, 2.75) is 32.2 Å². The van der Waals surface area contributed by atoms with E-state index >= 15 is 0 Å². The van der Waals surface area contributed by atoms with Gasteiger partial charge in [0.2, 0.25) is 0 Å². The van der Waals surface area contributed by atoms with Crippen LogP contribution >= 0.6 is 11.6 Å². The van der Waals surface area contributed by atoms with Crippen LogP contribution in [0.15, 0.2) is 18.3 Å². The number of carbonyl (C=O) groups excluding carboxylic acids is 1. The lowest BCUT2D eigenvalue weighted by Crippen LogP contribution is -2.36. The van der Waals surface area contributed by atoms with Crippen LogP contribution in [-0.4, -0.2) is 33.2 Å². The number of rotatable bonds is 4. The van der Waals surface area contributed by atoms with E-state index in [1.807, 2.05) is 11.0 Å². The van der Waals surface area contributed by atoms with E-state index in [9.17, 15) is 4.79 Å². The van der Waals surface area contributed by atoms with Crippen molar-refractivity contribution in [3.63, 3.8) is 0 Å². The number of carbonyl (C=O) groups is 1. The molecule has 4 nitrogen and oxygen atoms in total. The number of halogens is 1. The summed E-state index contributed by atoms with van der Waals surface area (Å²) in [7, 11) is 1.76. The largest absolute Gasteiger partial charge is 0.327 e. The molecule has 18 heavy (non-hydrogen) atoms. The zero-order valence-corrected chi connectivity index (χ0v) is 11.5. The van der Waals surface area contributed by atoms with Gasteiger partial charge in [-0.2, -0.15) is 5.10 Å². The van der Waals surface area contributed by atoms with Crippen molar-refractivity contribution in [3.05, 3.63) is 29.1 Å². The molecule has 0 fully saturated rings. The highest BCUT2D eigenvalue weighted by molar-refractivity contribution is 6.33. The third-order valence-electron chi connectivity index (χ3n) is 3.16. The maximum absolute atomic E-state index is 12.4. The van der Waals surface area contributed by atoms with Crippen LogP contribution in [0.5, 0.6) is 0 Å². The van der Waals surface area contributed by atoms with Crippen molar-refractivity contribution in [1.82, 2.24) is 14.7 Å². The first-order valence-electron chi connectivity index (χ1n) is 6.30. The molecular formula is C13H18ClN3O. The lowest BCUT2D eigenvalue weighted by molar-refractivity contribution is 0.0737. The molecule has 1 aromatic rings. The normalized spacial score (nSPS) is 18.6. The zero-order valence-electron chi connectivity index (χ0n) is 10.8. The fraction of sp³-hybridized carbons (Fsp3) is 0.538. The zero-order chi connectivity index (χ0) is 13.1. The Hall–Kier alpha value is -1.29. The number of amides is 1. The second-order valence-electron chi connectivity index (χ2n) is 4.59. The predicted octanol–water partition coefficient (Wildman–Crippen LogP) is 2.64. The lowest BCUT2D eigenvalue weighted by Gasteiger charge is -2.23. The highest BCUT2D eigenvalue weighted by atomic mass is 35.5. The maximum atomic E-state index is 12.4. The van der Waals surface area contributed by atoms with Crippen molar-refractivity contribution in [1.29, 1.82) is 0 Å². The van der Waals surface area contributed by atoms with Gasteiger partial charge in [0.05, 0.1) is 11.1 Å². The Balaban J connectivity index is 2.11. The summed E-state index contributed by atoms with van der Waals surface area (Å²) in [6, 6.07) is 0.190. The molecule has 0 bridgehead atoms. The summed E-state index contributed by atoms with van der Waals surface area (Å²) in [4.78, 5) is 14.2. The molecule has 1 atom stereocenters. The summed E-state index contributed by atoms with van der Waals surface area (Å²) in [6.07, 6.45) is 9.05. The molecule has 0 aromatic carbocycles. The molecule has 0 spiro atoms. The van der Waals surface area contributed by atoms with Crippen LogP contribution in [-0.2, 0) is 7.05 Å². The minimum atomic E-state index is -0.0771. The molecule has 98 valence electrons. The average Bonchev–Trinajstić information content (AvgIpc) is 2.92. The number of nitrogens with zero attached hydrogens (tertiary/aromatic N) is 3. The standard InChI is InChI=1S/C13H18ClN3O/c1-3-4-6-10-7-5-8-17(10)13(18)12-11(14)9-16(2)15-12/h5,7,9-10H,3-4,6,8H2,1-2H3. The van der Waals surface area contributed by atoms with Gasteiger partial charge >= 0.3 is 0 Å². The molecule has 5 heteroatoms. The molecule has 1 aliphatic rings. The Morgan fingerprint density at radius 3 is 3.00 bits per heavy atom. The molecular weight excluding hydrogens is 250 g/mol. The van der Waals surface area contributed by atoms with Gasteiger partial charge in [-0.3, -0.25) is 9.48 Å². The van der Waals surface area contributed by atoms with E-state index in [4.69, 9.17) is 11.6 Å². The monoisotopic (exact) mass is 267 g/mol. The Morgan fingerprint density at radius 2 is 2.39 bits per heavy atom. The van der Waals surface area contributed by atoms with E-state index < -0.39 is 0 Å². The van der Waals surface area contributed by atoms with Gasteiger partial charge in [0.15, 0.2) is 5.69 Å². The van der Waals surface area contributed by atoms with E-state index in [1.165, 1.54) is 0 Å². The molecule has 1 amide bonds. The third kappa shape index (κ3) is 2.58. The fourth-order valence-electron chi connectivity index (χ4n) is 2.21. The van der Waals surface area contributed by atoms with Gasteiger partial charge < -0.3 is 4.90 Å². The Morgan fingerprint density at radius 1 is 1.61 bits per heavy atom. The third-order valence-corrected chi connectivity index (χ3v) is 3.44. The van der Waals surface area contributed by atoms with Crippen LogP contribution in [0.2, 0.25) is 5.02 Å². The van der Waals surface area contributed by atoms with Crippen molar-refractivity contribution in [2.24, 2.45) is 7.05 Å². The molecule has 2 rings (SSSR count). The lowest BCUT2D eigenvalue weighted by atomic mass is 10.1. The van der Waals surface area contributed by atoms with Crippen LogP contribution in [0.1, 0.15) is 36.7 Å². The second-order valence-corrected chi connectivity index (χ2v) is 5.00. The Kier molecular flexibility index (Phi) is 4.07. The summed E-state index contributed by atoms with van der Waals surface area (Å²) in [5.74, 6) is -0.0771. The number of aryl methyl sites for hydroxylation is 1. The minimum Gasteiger partial charge on any atom is -0.327 e. The number of hydrogen-bond donors (Lipinski definition) is 0. The van der Waals surface area contributed by atoms with E-state index in [0.717, 1.165) is 19.3 Å². The quantitative estimate of drug-likeness (QED) is 0.787. The SMILES string of the molecule is CCCCC1C=CCN1C(=O)c1nn(C)cc1Cl. The van der Waals surface area contributed by atoms with Crippen LogP contribution in [0.3, 0.4) is 0 Å².